The van der Waals surface area contributed by atoms with E-state index < -0.39 is 5.41 Å². The van der Waals surface area contributed by atoms with E-state index in [0.717, 1.165) is 17.3 Å². The summed E-state index contributed by atoms with van der Waals surface area (Å²) in [7, 11) is 0. The normalized spacial score (nSPS) is 17.8. The predicted molar refractivity (Wildman–Crippen MR) is 183 cm³/mol. The molecule has 1 N–H and O–H groups in total. The van der Waals surface area contributed by atoms with Crippen LogP contribution in [0.25, 0.3) is 11.1 Å². The van der Waals surface area contributed by atoms with Gasteiger partial charge in [0.05, 0.1) is 5.41 Å². The molecule has 0 spiro atoms. The van der Waals surface area contributed by atoms with E-state index in [-0.39, 0.29) is 10.8 Å². The molecule has 0 aromatic heterocycles. The standard InChI is InChI=1S/C42H43N/c1-40(2,3)30-16-18-32(19-17-30)42(31-10-8-7-9-11-31)38-26-33(41(4,5)6)20-24-36(38)37-25-23-35(27-39(37)42)43-34-21-14-29(15-22-34)28-12-13-28/h7-11,14-28,43H,12-13H2,1-6H3. The van der Waals surface area contributed by atoms with Gasteiger partial charge in [0.15, 0.2) is 0 Å². The van der Waals surface area contributed by atoms with E-state index in [1.807, 2.05) is 0 Å². The molecule has 1 fully saturated rings. The van der Waals surface area contributed by atoms with Gasteiger partial charge in [0.25, 0.3) is 0 Å². The Labute approximate surface area is 258 Å². The first kappa shape index (κ1) is 27.7. The van der Waals surface area contributed by atoms with Crippen molar-refractivity contribution in [3.63, 3.8) is 0 Å². The number of hydrogen-bond donors (Lipinski definition) is 1. The van der Waals surface area contributed by atoms with E-state index in [1.54, 1.807) is 0 Å². The SMILES string of the molecule is CC(C)(C)c1ccc(C2(c3ccccc3)c3cc(Nc4ccc(C5CC5)cc4)ccc3-c3ccc(C(C)(C)C)cc32)cc1. The topological polar surface area (TPSA) is 12.0 Å². The number of fused-ring (bicyclic) bond motifs is 3. The minimum absolute atomic E-state index is 0.0433. The van der Waals surface area contributed by atoms with Crippen LogP contribution >= 0.6 is 0 Å². The molecule has 2 aliphatic rings. The number of anilines is 2. The molecule has 1 unspecified atom stereocenters. The van der Waals surface area contributed by atoms with Gasteiger partial charge in [-0.15, -0.1) is 0 Å². The van der Waals surface area contributed by atoms with Crippen LogP contribution in [-0.2, 0) is 16.2 Å². The summed E-state index contributed by atoms with van der Waals surface area (Å²) in [5, 5.41) is 3.75. The van der Waals surface area contributed by atoms with Crippen LogP contribution in [0.4, 0.5) is 11.4 Å². The smallest absolute Gasteiger partial charge is 0.0714 e. The lowest BCUT2D eigenvalue weighted by Crippen LogP contribution is -2.29. The van der Waals surface area contributed by atoms with E-state index in [2.05, 4.69) is 162 Å². The van der Waals surface area contributed by atoms with Crippen molar-refractivity contribution in [2.75, 3.05) is 5.32 Å². The monoisotopic (exact) mass is 561 g/mol. The third-order valence-corrected chi connectivity index (χ3v) is 9.64. The molecule has 2 aliphatic carbocycles. The van der Waals surface area contributed by atoms with Crippen LogP contribution in [0, 0.1) is 0 Å². The highest BCUT2D eigenvalue weighted by atomic mass is 14.9. The molecule has 5 aromatic carbocycles. The Balaban J connectivity index is 1.46. The van der Waals surface area contributed by atoms with Gasteiger partial charge in [0.1, 0.15) is 0 Å². The van der Waals surface area contributed by atoms with Crippen LogP contribution < -0.4 is 5.32 Å². The first-order chi connectivity index (χ1) is 20.5. The molecule has 5 aromatic rings. The van der Waals surface area contributed by atoms with Crippen LogP contribution in [0.5, 0.6) is 0 Å². The molecular weight excluding hydrogens is 518 g/mol. The van der Waals surface area contributed by atoms with Gasteiger partial charge in [-0.3, -0.25) is 0 Å². The molecule has 0 saturated heterocycles. The lowest BCUT2D eigenvalue weighted by molar-refractivity contribution is 0.586. The van der Waals surface area contributed by atoms with Crippen LogP contribution in [0.3, 0.4) is 0 Å². The Kier molecular flexibility index (Phi) is 6.43. The maximum absolute atomic E-state index is 3.75. The molecule has 0 heterocycles. The molecule has 0 bridgehead atoms. The number of hydrogen-bond acceptors (Lipinski definition) is 1. The molecule has 1 nitrogen and oxygen atoms in total. The van der Waals surface area contributed by atoms with Crippen molar-refractivity contribution < 1.29 is 0 Å². The van der Waals surface area contributed by atoms with Gasteiger partial charge < -0.3 is 5.32 Å². The summed E-state index contributed by atoms with van der Waals surface area (Å²) in [4.78, 5) is 0. The second-order valence-corrected chi connectivity index (χ2v) is 14.7. The lowest BCUT2D eigenvalue weighted by atomic mass is 9.66. The van der Waals surface area contributed by atoms with Gasteiger partial charge in [-0.05, 0) is 104 Å². The van der Waals surface area contributed by atoms with Gasteiger partial charge in [-0.2, -0.15) is 0 Å². The van der Waals surface area contributed by atoms with Crippen molar-refractivity contribution in [2.45, 2.75) is 76.5 Å². The average molecular weight is 562 g/mol. The van der Waals surface area contributed by atoms with Crippen molar-refractivity contribution >= 4 is 11.4 Å². The van der Waals surface area contributed by atoms with Crippen LogP contribution in [0.15, 0.2) is 115 Å². The second kappa shape index (κ2) is 9.98. The predicted octanol–water partition coefficient (Wildman–Crippen LogP) is 11.3. The third-order valence-electron chi connectivity index (χ3n) is 9.64. The Bertz CT molecular complexity index is 1780. The van der Waals surface area contributed by atoms with E-state index in [1.165, 1.54) is 62.9 Å². The fourth-order valence-corrected chi connectivity index (χ4v) is 6.99. The summed E-state index contributed by atoms with van der Waals surface area (Å²) < 4.78 is 0. The lowest BCUT2D eigenvalue weighted by Gasteiger charge is -2.35. The second-order valence-electron chi connectivity index (χ2n) is 14.7. The zero-order valence-corrected chi connectivity index (χ0v) is 26.5. The van der Waals surface area contributed by atoms with E-state index in [4.69, 9.17) is 0 Å². The highest BCUT2D eigenvalue weighted by Crippen LogP contribution is 2.57. The summed E-state index contributed by atoms with van der Waals surface area (Å²) in [5.41, 5.74) is 14.1. The molecule has 43 heavy (non-hydrogen) atoms. The van der Waals surface area contributed by atoms with E-state index in [0.29, 0.717) is 0 Å². The van der Waals surface area contributed by atoms with Crippen LogP contribution in [0.1, 0.15) is 99.2 Å². The van der Waals surface area contributed by atoms with Gasteiger partial charge in [-0.1, -0.05) is 133 Å². The van der Waals surface area contributed by atoms with Crippen molar-refractivity contribution in [3.05, 3.63) is 154 Å². The zero-order chi connectivity index (χ0) is 30.0. The molecule has 1 saturated carbocycles. The summed E-state index contributed by atoms with van der Waals surface area (Å²) in [6, 6.07) is 43.8. The van der Waals surface area contributed by atoms with Gasteiger partial charge in [-0.25, -0.2) is 0 Å². The van der Waals surface area contributed by atoms with Crippen LogP contribution in [-0.4, -0.2) is 0 Å². The third kappa shape index (κ3) is 4.80. The van der Waals surface area contributed by atoms with Crippen molar-refractivity contribution in [2.24, 2.45) is 0 Å². The van der Waals surface area contributed by atoms with Crippen LogP contribution in [0.2, 0.25) is 0 Å². The fraction of sp³-hybridized carbons (Fsp3) is 0.286. The molecule has 1 atom stereocenters. The first-order valence-corrected chi connectivity index (χ1v) is 15.9. The first-order valence-electron chi connectivity index (χ1n) is 15.9. The van der Waals surface area contributed by atoms with E-state index >= 15 is 0 Å². The fourth-order valence-electron chi connectivity index (χ4n) is 6.99. The Morgan fingerprint density at radius 1 is 0.535 bits per heavy atom. The number of rotatable bonds is 5. The average Bonchev–Trinajstić information content (AvgIpc) is 3.80. The van der Waals surface area contributed by atoms with E-state index in [9.17, 15) is 0 Å². The quantitative estimate of drug-likeness (QED) is 0.221. The maximum Gasteiger partial charge on any atom is 0.0714 e. The summed E-state index contributed by atoms with van der Waals surface area (Å²) in [5.74, 6) is 0.765. The summed E-state index contributed by atoms with van der Waals surface area (Å²) in [6.45, 7) is 13.8. The summed E-state index contributed by atoms with van der Waals surface area (Å²) in [6.07, 6.45) is 2.65. The van der Waals surface area contributed by atoms with Gasteiger partial charge >= 0.3 is 0 Å². The summed E-state index contributed by atoms with van der Waals surface area (Å²) >= 11 is 0. The molecule has 0 radical (unpaired) electrons. The number of benzene rings is 5. The van der Waals surface area contributed by atoms with Crippen molar-refractivity contribution in [3.8, 4) is 11.1 Å². The molecule has 216 valence electrons. The minimum Gasteiger partial charge on any atom is -0.356 e. The number of nitrogens with one attached hydrogen (secondary N) is 1. The molecule has 1 heteroatoms. The minimum atomic E-state index is -0.433. The molecule has 7 rings (SSSR count). The van der Waals surface area contributed by atoms with Crippen molar-refractivity contribution in [1.82, 2.24) is 0 Å². The largest absolute Gasteiger partial charge is 0.356 e. The molecular formula is C42H43N. The Morgan fingerprint density at radius 3 is 1.67 bits per heavy atom. The highest BCUT2D eigenvalue weighted by Gasteiger charge is 2.46. The molecule has 0 amide bonds. The highest BCUT2D eigenvalue weighted by molar-refractivity contribution is 5.88. The Hall–Kier alpha value is -4.10. The Morgan fingerprint density at radius 2 is 1.07 bits per heavy atom. The zero-order valence-electron chi connectivity index (χ0n) is 26.5. The van der Waals surface area contributed by atoms with Gasteiger partial charge in [0, 0.05) is 11.4 Å². The maximum atomic E-state index is 3.75. The molecule has 0 aliphatic heterocycles. The van der Waals surface area contributed by atoms with Crippen molar-refractivity contribution in [1.29, 1.82) is 0 Å². The van der Waals surface area contributed by atoms with Gasteiger partial charge in [0.2, 0.25) is 0 Å².